The molecule has 2 fully saturated rings. The minimum atomic E-state index is 0.350. The standard InChI is InChI=1S/C14H25NO/c1-14(2)8-5-9-15(11-14)10-12-6-3-4-7-13(12)16/h12H,3-11H2,1-2H3. The molecule has 1 aliphatic heterocycles. The van der Waals surface area contributed by atoms with E-state index in [1.54, 1.807) is 0 Å². The van der Waals surface area contributed by atoms with Crippen molar-refractivity contribution >= 4 is 5.78 Å². The van der Waals surface area contributed by atoms with Crippen LogP contribution in [0.15, 0.2) is 0 Å². The molecule has 0 radical (unpaired) electrons. The quantitative estimate of drug-likeness (QED) is 0.717. The number of carbonyl (C=O) groups excluding carboxylic acids is 1. The van der Waals surface area contributed by atoms with E-state index in [1.807, 2.05) is 0 Å². The maximum atomic E-state index is 11.8. The molecule has 16 heavy (non-hydrogen) atoms. The highest BCUT2D eigenvalue weighted by Crippen LogP contribution is 2.30. The van der Waals surface area contributed by atoms with Crippen molar-refractivity contribution in [2.75, 3.05) is 19.6 Å². The van der Waals surface area contributed by atoms with E-state index < -0.39 is 0 Å². The summed E-state index contributed by atoms with van der Waals surface area (Å²) in [4.78, 5) is 14.3. The van der Waals surface area contributed by atoms with Gasteiger partial charge < -0.3 is 4.90 Å². The minimum absolute atomic E-state index is 0.350. The Labute approximate surface area is 99.4 Å². The summed E-state index contributed by atoms with van der Waals surface area (Å²) < 4.78 is 0. The minimum Gasteiger partial charge on any atom is -0.302 e. The number of hydrogen-bond donors (Lipinski definition) is 0. The van der Waals surface area contributed by atoms with Crippen LogP contribution in [0.25, 0.3) is 0 Å². The Hall–Kier alpha value is -0.370. The molecule has 1 saturated carbocycles. The third kappa shape index (κ3) is 3.07. The maximum absolute atomic E-state index is 11.8. The first kappa shape index (κ1) is 12.1. The summed E-state index contributed by atoms with van der Waals surface area (Å²) in [6.45, 7) is 8.11. The van der Waals surface area contributed by atoms with Gasteiger partial charge >= 0.3 is 0 Å². The van der Waals surface area contributed by atoms with Crippen LogP contribution in [0, 0.1) is 11.3 Å². The fourth-order valence-electron chi connectivity index (χ4n) is 3.26. The van der Waals surface area contributed by atoms with Gasteiger partial charge in [0, 0.05) is 25.4 Å². The van der Waals surface area contributed by atoms with Gasteiger partial charge in [-0.3, -0.25) is 4.79 Å². The highest BCUT2D eigenvalue weighted by molar-refractivity contribution is 5.81. The molecule has 0 N–H and O–H groups in total. The fraction of sp³-hybridized carbons (Fsp3) is 0.929. The van der Waals surface area contributed by atoms with Gasteiger partial charge in [-0.25, -0.2) is 0 Å². The van der Waals surface area contributed by atoms with Gasteiger partial charge in [-0.1, -0.05) is 20.3 Å². The number of piperidine rings is 1. The van der Waals surface area contributed by atoms with Crippen molar-refractivity contribution < 1.29 is 4.79 Å². The summed E-state index contributed by atoms with van der Waals surface area (Å²) in [5.74, 6) is 0.872. The lowest BCUT2D eigenvalue weighted by Crippen LogP contribution is -2.44. The van der Waals surface area contributed by atoms with Gasteiger partial charge in [0.05, 0.1) is 0 Å². The Balaban J connectivity index is 1.86. The summed E-state index contributed by atoms with van der Waals surface area (Å²) in [6, 6.07) is 0. The SMILES string of the molecule is CC1(C)CCCN(CC2CCCCC2=O)C1. The zero-order valence-electron chi connectivity index (χ0n) is 10.8. The fourth-order valence-corrected chi connectivity index (χ4v) is 3.26. The van der Waals surface area contributed by atoms with E-state index in [2.05, 4.69) is 18.7 Å². The first-order chi connectivity index (χ1) is 7.57. The van der Waals surface area contributed by atoms with Crippen molar-refractivity contribution in [1.82, 2.24) is 4.90 Å². The number of Topliss-reactive ketones (excluding diaryl/α,β-unsaturated/α-hetero) is 1. The molecule has 0 spiro atoms. The molecule has 2 rings (SSSR count). The lowest BCUT2D eigenvalue weighted by atomic mass is 9.82. The molecule has 92 valence electrons. The van der Waals surface area contributed by atoms with E-state index in [4.69, 9.17) is 0 Å². The zero-order valence-corrected chi connectivity index (χ0v) is 10.8. The maximum Gasteiger partial charge on any atom is 0.137 e. The van der Waals surface area contributed by atoms with Crippen LogP contribution in [0.1, 0.15) is 52.4 Å². The van der Waals surface area contributed by atoms with Gasteiger partial charge in [0.2, 0.25) is 0 Å². The average Bonchev–Trinajstić information content (AvgIpc) is 2.20. The molecule has 1 aliphatic carbocycles. The van der Waals surface area contributed by atoms with Crippen molar-refractivity contribution in [3.8, 4) is 0 Å². The molecular formula is C14H25NO. The smallest absolute Gasteiger partial charge is 0.137 e. The van der Waals surface area contributed by atoms with Crippen molar-refractivity contribution in [1.29, 1.82) is 0 Å². The Morgan fingerprint density at radius 2 is 2.12 bits per heavy atom. The van der Waals surface area contributed by atoms with E-state index in [0.29, 0.717) is 17.1 Å². The van der Waals surface area contributed by atoms with Gasteiger partial charge in [0.15, 0.2) is 0 Å². The Bertz CT molecular complexity index is 259. The average molecular weight is 223 g/mol. The van der Waals surface area contributed by atoms with Crippen LogP contribution in [0.2, 0.25) is 0 Å². The van der Waals surface area contributed by atoms with Crippen LogP contribution >= 0.6 is 0 Å². The summed E-state index contributed by atoms with van der Waals surface area (Å²) in [5.41, 5.74) is 0.454. The largest absolute Gasteiger partial charge is 0.302 e. The highest BCUT2D eigenvalue weighted by atomic mass is 16.1. The first-order valence-corrected chi connectivity index (χ1v) is 6.82. The van der Waals surface area contributed by atoms with E-state index in [9.17, 15) is 4.79 Å². The number of carbonyl (C=O) groups is 1. The lowest BCUT2D eigenvalue weighted by Gasteiger charge is -2.39. The molecule has 0 aromatic heterocycles. The molecule has 2 nitrogen and oxygen atoms in total. The molecular weight excluding hydrogens is 198 g/mol. The predicted molar refractivity (Wildman–Crippen MR) is 66.4 cm³/mol. The van der Waals surface area contributed by atoms with Crippen molar-refractivity contribution in [3.63, 3.8) is 0 Å². The summed E-state index contributed by atoms with van der Waals surface area (Å²) in [6.07, 6.45) is 6.99. The molecule has 2 heteroatoms. The van der Waals surface area contributed by atoms with Crippen LogP contribution in [-0.4, -0.2) is 30.3 Å². The topological polar surface area (TPSA) is 20.3 Å². The van der Waals surface area contributed by atoms with Gasteiger partial charge in [-0.05, 0) is 37.6 Å². The van der Waals surface area contributed by atoms with Crippen LogP contribution in [0.4, 0.5) is 0 Å². The van der Waals surface area contributed by atoms with Gasteiger partial charge in [0.25, 0.3) is 0 Å². The Morgan fingerprint density at radius 1 is 1.31 bits per heavy atom. The Kier molecular flexibility index (Phi) is 3.68. The second-order valence-electron chi connectivity index (χ2n) is 6.41. The zero-order chi connectivity index (χ0) is 11.6. The summed E-state index contributed by atoms with van der Waals surface area (Å²) >= 11 is 0. The van der Waals surface area contributed by atoms with Crippen molar-refractivity contribution in [3.05, 3.63) is 0 Å². The lowest BCUT2D eigenvalue weighted by molar-refractivity contribution is -0.125. The molecule has 2 aliphatic rings. The second kappa shape index (κ2) is 4.87. The number of rotatable bonds is 2. The highest BCUT2D eigenvalue weighted by Gasteiger charge is 2.30. The number of nitrogens with zero attached hydrogens (tertiary/aromatic N) is 1. The van der Waals surface area contributed by atoms with Crippen LogP contribution < -0.4 is 0 Å². The van der Waals surface area contributed by atoms with Gasteiger partial charge in [0.1, 0.15) is 5.78 Å². The van der Waals surface area contributed by atoms with E-state index in [0.717, 1.165) is 25.8 Å². The summed E-state index contributed by atoms with van der Waals surface area (Å²) in [7, 11) is 0. The number of ketones is 1. The van der Waals surface area contributed by atoms with Crippen LogP contribution in [0.3, 0.4) is 0 Å². The first-order valence-electron chi connectivity index (χ1n) is 6.82. The molecule has 1 atom stereocenters. The molecule has 1 unspecified atom stereocenters. The third-order valence-electron chi connectivity index (χ3n) is 4.14. The van der Waals surface area contributed by atoms with Crippen LogP contribution in [-0.2, 0) is 4.79 Å². The normalized spacial score (nSPS) is 31.6. The third-order valence-corrected chi connectivity index (χ3v) is 4.14. The molecule has 0 amide bonds. The van der Waals surface area contributed by atoms with Crippen LogP contribution in [0.5, 0.6) is 0 Å². The predicted octanol–water partition coefficient (Wildman–Crippen LogP) is 2.87. The monoisotopic (exact) mass is 223 g/mol. The second-order valence-corrected chi connectivity index (χ2v) is 6.41. The molecule has 1 heterocycles. The summed E-state index contributed by atoms with van der Waals surface area (Å²) in [5, 5.41) is 0. The molecule has 0 aromatic rings. The van der Waals surface area contributed by atoms with E-state index in [-0.39, 0.29) is 0 Å². The molecule has 1 saturated heterocycles. The van der Waals surface area contributed by atoms with E-state index in [1.165, 1.54) is 32.4 Å². The number of likely N-dealkylation sites (tertiary alicyclic amines) is 1. The molecule has 0 bridgehead atoms. The molecule has 0 aromatic carbocycles. The van der Waals surface area contributed by atoms with Gasteiger partial charge in [-0.2, -0.15) is 0 Å². The van der Waals surface area contributed by atoms with Gasteiger partial charge in [-0.15, -0.1) is 0 Å². The van der Waals surface area contributed by atoms with Crippen molar-refractivity contribution in [2.45, 2.75) is 52.4 Å². The Morgan fingerprint density at radius 3 is 2.81 bits per heavy atom. The van der Waals surface area contributed by atoms with E-state index >= 15 is 0 Å². The van der Waals surface area contributed by atoms with Crippen molar-refractivity contribution in [2.24, 2.45) is 11.3 Å². The number of hydrogen-bond acceptors (Lipinski definition) is 2.